The second-order valence-electron chi connectivity index (χ2n) is 8.11. The number of aromatic amines is 1. The normalized spacial score (nSPS) is 14.6. The molecule has 1 aromatic carbocycles. The SMILES string of the molecule is C=C(C)/C=C\C=C(/C)c1c[nH]cc1-c1cc(C)c(/C=C/C)c(C2=CCC(CC)=C2)c1. The van der Waals surface area contributed by atoms with Crippen LogP contribution in [0.3, 0.4) is 0 Å². The van der Waals surface area contributed by atoms with Gasteiger partial charge in [0.25, 0.3) is 0 Å². The van der Waals surface area contributed by atoms with Crippen LogP contribution < -0.4 is 0 Å². The molecule has 0 saturated heterocycles. The van der Waals surface area contributed by atoms with Gasteiger partial charge in [0.2, 0.25) is 0 Å². The van der Waals surface area contributed by atoms with Crippen LogP contribution in [-0.2, 0) is 0 Å². The van der Waals surface area contributed by atoms with Crippen LogP contribution >= 0.6 is 0 Å². The van der Waals surface area contributed by atoms with E-state index in [1.807, 2.05) is 13.0 Å². The maximum Gasteiger partial charge on any atom is 0.00905 e. The first-order chi connectivity index (χ1) is 14.4. The van der Waals surface area contributed by atoms with E-state index in [0.29, 0.717) is 0 Å². The van der Waals surface area contributed by atoms with Gasteiger partial charge in [-0.3, -0.25) is 0 Å². The van der Waals surface area contributed by atoms with Gasteiger partial charge in [-0.2, -0.15) is 0 Å². The van der Waals surface area contributed by atoms with Crippen molar-refractivity contribution in [3.63, 3.8) is 0 Å². The maximum atomic E-state index is 3.93. The minimum absolute atomic E-state index is 1.05. The van der Waals surface area contributed by atoms with Gasteiger partial charge in [0.15, 0.2) is 0 Å². The summed E-state index contributed by atoms with van der Waals surface area (Å²) in [7, 11) is 0. The van der Waals surface area contributed by atoms with Crippen molar-refractivity contribution in [1.82, 2.24) is 4.98 Å². The van der Waals surface area contributed by atoms with Crippen LogP contribution in [0.4, 0.5) is 0 Å². The molecule has 0 aliphatic heterocycles. The first-order valence-corrected chi connectivity index (χ1v) is 10.8. The Kier molecular flexibility index (Phi) is 6.95. The van der Waals surface area contributed by atoms with Crippen molar-refractivity contribution in [2.24, 2.45) is 0 Å². The van der Waals surface area contributed by atoms with Gasteiger partial charge in [-0.05, 0) is 80.0 Å². The molecule has 0 atom stereocenters. The van der Waals surface area contributed by atoms with Crippen molar-refractivity contribution < 1.29 is 0 Å². The predicted octanol–water partition coefficient (Wildman–Crippen LogP) is 8.68. The van der Waals surface area contributed by atoms with Crippen LogP contribution in [0.15, 0.2) is 78.7 Å². The lowest BCUT2D eigenvalue weighted by atomic mass is 9.90. The van der Waals surface area contributed by atoms with Gasteiger partial charge in [0.1, 0.15) is 0 Å². The van der Waals surface area contributed by atoms with Crippen LogP contribution in [0.2, 0.25) is 0 Å². The van der Waals surface area contributed by atoms with E-state index in [-0.39, 0.29) is 0 Å². The topological polar surface area (TPSA) is 15.8 Å². The summed E-state index contributed by atoms with van der Waals surface area (Å²) in [5.74, 6) is 0. The molecule has 0 fully saturated rings. The highest BCUT2D eigenvalue weighted by Gasteiger charge is 2.16. The number of rotatable bonds is 7. The molecule has 0 saturated carbocycles. The van der Waals surface area contributed by atoms with Crippen LogP contribution in [0.5, 0.6) is 0 Å². The Morgan fingerprint density at radius 2 is 1.97 bits per heavy atom. The Balaban J connectivity index is 2.10. The van der Waals surface area contributed by atoms with Crippen molar-refractivity contribution in [3.05, 3.63) is 101 Å². The summed E-state index contributed by atoms with van der Waals surface area (Å²) in [6.07, 6.45) is 21.7. The third-order valence-electron chi connectivity index (χ3n) is 5.64. The summed E-state index contributed by atoms with van der Waals surface area (Å²) in [6.45, 7) is 14.6. The zero-order valence-electron chi connectivity index (χ0n) is 19.0. The summed E-state index contributed by atoms with van der Waals surface area (Å²) in [5.41, 5.74) is 12.8. The summed E-state index contributed by atoms with van der Waals surface area (Å²) in [5, 5.41) is 0. The average Bonchev–Trinajstić information content (AvgIpc) is 3.38. The molecule has 1 aliphatic carbocycles. The molecule has 1 nitrogen and oxygen atoms in total. The van der Waals surface area contributed by atoms with Crippen molar-refractivity contribution in [2.45, 2.75) is 47.5 Å². The molecule has 1 aliphatic rings. The smallest absolute Gasteiger partial charge is 0.00905 e. The fourth-order valence-corrected chi connectivity index (χ4v) is 3.97. The number of H-pyrrole nitrogens is 1. The molecule has 0 bridgehead atoms. The quantitative estimate of drug-likeness (QED) is 0.451. The van der Waals surface area contributed by atoms with Gasteiger partial charge < -0.3 is 4.98 Å². The van der Waals surface area contributed by atoms with E-state index in [0.717, 1.165) is 18.4 Å². The molecule has 154 valence electrons. The van der Waals surface area contributed by atoms with Crippen LogP contribution in [0.1, 0.15) is 62.8 Å². The van der Waals surface area contributed by atoms with Gasteiger partial charge in [0.05, 0.1) is 0 Å². The van der Waals surface area contributed by atoms with Crippen LogP contribution in [0, 0.1) is 6.92 Å². The Labute approximate surface area is 181 Å². The Hall–Kier alpha value is -3.06. The third-order valence-corrected chi connectivity index (χ3v) is 5.64. The van der Waals surface area contributed by atoms with Gasteiger partial charge in [-0.15, -0.1) is 0 Å². The fourth-order valence-electron chi connectivity index (χ4n) is 3.97. The predicted molar refractivity (Wildman–Crippen MR) is 134 cm³/mol. The van der Waals surface area contributed by atoms with Crippen molar-refractivity contribution in [1.29, 1.82) is 0 Å². The number of benzene rings is 1. The third kappa shape index (κ3) is 4.74. The van der Waals surface area contributed by atoms with E-state index in [2.05, 4.69) is 100 Å². The molecule has 0 radical (unpaired) electrons. The Morgan fingerprint density at radius 1 is 1.17 bits per heavy atom. The maximum absolute atomic E-state index is 3.93. The van der Waals surface area contributed by atoms with E-state index < -0.39 is 0 Å². The lowest BCUT2D eigenvalue weighted by Crippen LogP contribution is -1.93. The van der Waals surface area contributed by atoms with E-state index in [1.165, 1.54) is 50.1 Å². The number of aromatic nitrogens is 1. The van der Waals surface area contributed by atoms with Crippen molar-refractivity contribution in [3.8, 4) is 11.1 Å². The molecule has 0 amide bonds. The average molecular weight is 396 g/mol. The fraction of sp³-hybridized carbons (Fsp3) is 0.241. The van der Waals surface area contributed by atoms with E-state index in [1.54, 1.807) is 0 Å². The molecule has 30 heavy (non-hydrogen) atoms. The zero-order valence-corrected chi connectivity index (χ0v) is 19.0. The number of nitrogens with one attached hydrogen (secondary N) is 1. The molecule has 3 rings (SSSR count). The Morgan fingerprint density at radius 3 is 2.63 bits per heavy atom. The number of hydrogen-bond acceptors (Lipinski definition) is 0. The molecule has 1 aromatic heterocycles. The molecule has 0 spiro atoms. The number of hydrogen-bond donors (Lipinski definition) is 1. The molecule has 2 aromatic rings. The number of aryl methyl sites for hydroxylation is 1. The molecule has 1 heterocycles. The number of allylic oxidation sites excluding steroid dienone is 10. The monoisotopic (exact) mass is 395 g/mol. The van der Waals surface area contributed by atoms with Gasteiger partial charge in [0, 0.05) is 23.5 Å². The van der Waals surface area contributed by atoms with Gasteiger partial charge in [-0.1, -0.05) is 73.2 Å². The van der Waals surface area contributed by atoms with Crippen molar-refractivity contribution in [2.75, 3.05) is 0 Å². The van der Waals surface area contributed by atoms with E-state index in [4.69, 9.17) is 0 Å². The van der Waals surface area contributed by atoms with Gasteiger partial charge >= 0.3 is 0 Å². The Bertz CT molecular complexity index is 1090. The standard InChI is InChI=1S/C29H33N/c1-7-10-26-22(6)15-25(17-27(26)24-14-13-23(8-2)16-24)29-19-30-18-28(29)21(5)12-9-11-20(3)4/h7,9-12,14-19,30H,3,8,13H2,1-2,4-6H3/b10-7+,11-9-,21-12+. The highest BCUT2D eigenvalue weighted by atomic mass is 14.6. The summed E-state index contributed by atoms with van der Waals surface area (Å²) < 4.78 is 0. The van der Waals surface area contributed by atoms with Crippen LogP contribution in [-0.4, -0.2) is 4.98 Å². The lowest BCUT2D eigenvalue weighted by molar-refractivity contribution is 1.05. The van der Waals surface area contributed by atoms with Crippen LogP contribution in [0.25, 0.3) is 28.3 Å². The molecular formula is C29H33N. The highest BCUT2D eigenvalue weighted by molar-refractivity contribution is 5.88. The van der Waals surface area contributed by atoms with Gasteiger partial charge in [-0.25, -0.2) is 0 Å². The molecular weight excluding hydrogens is 362 g/mol. The molecule has 1 N–H and O–H groups in total. The summed E-state index contributed by atoms with van der Waals surface area (Å²) in [4.78, 5) is 3.32. The second kappa shape index (κ2) is 9.63. The molecule has 1 heteroatoms. The molecule has 0 unspecified atom stereocenters. The minimum Gasteiger partial charge on any atom is -0.366 e. The van der Waals surface area contributed by atoms with Crippen molar-refractivity contribution >= 4 is 17.2 Å². The van der Waals surface area contributed by atoms with E-state index >= 15 is 0 Å². The zero-order chi connectivity index (χ0) is 21.7. The first kappa shape index (κ1) is 21.6. The van der Waals surface area contributed by atoms with E-state index in [9.17, 15) is 0 Å². The lowest BCUT2D eigenvalue weighted by Gasteiger charge is -2.14. The largest absolute Gasteiger partial charge is 0.366 e. The summed E-state index contributed by atoms with van der Waals surface area (Å²) >= 11 is 0. The second-order valence-corrected chi connectivity index (χ2v) is 8.11. The minimum atomic E-state index is 1.05. The first-order valence-electron chi connectivity index (χ1n) is 10.8. The summed E-state index contributed by atoms with van der Waals surface area (Å²) in [6, 6.07) is 4.66. The highest BCUT2D eigenvalue weighted by Crippen LogP contribution is 2.37.